The number of nitrogens with zero attached hydrogens (tertiary/aromatic N) is 4. The number of fused-ring (bicyclic) bond motifs is 2. The molecule has 0 bridgehead atoms. The van der Waals surface area contributed by atoms with Crippen molar-refractivity contribution in [3.63, 3.8) is 0 Å². The summed E-state index contributed by atoms with van der Waals surface area (Å²) in [6, 6.07) is 14.8. The van der Waals surface area contributed by atoms with E-state index < -0.39 is 0 Å². The highest BCUT2D eigenvalue weighted by Gasteiger charge is 2.16. The first-order valence-electron chi connectivity index (χ1n) is 9.82. The molecule has 156 valence electrons. The zero-order chi connectivity index (χ0) is 21.2. The number of carbonyl (C=O) groups is 1. The zero-order valence-electron chi connectivity index (χ0n) is 16.5. The standard InChI is InChI=1S/C22H19N5O4/c28-21(16-6-7-18-19(10-16)31-14-30-18)23-8-9-27-20-17(11-25-27)22(29)26(13-24-20)12-15-4-2-1-3-5-15/h1-7,10-11,13H,8-9,12,14H2,(H,23,28). The minimum Gasteiger partial charge on any atom is -0.454 e. The smallest absolute Gasteiger partial charge is 0.264 e. The van der Waals surface area contributed by atoms with Crippen molar-refractivity contribution < 1.29 is 14.3 Å². The molecule has 1 aliphatic rings. The lowest BCUT2D eigenvalue weighted by Gasteiger charge is -2.08. The third-order valence-corrected chi connectivity index (χ3v) is 5.06. The SMILES string of the molecule is O=C(NCCn1ncc2c(=O)n(Cc3ccccc3)cnc21)c1ccc2c(c1)OCO2. The van der Waals surface area contributed by atoms with Crippen molar-refractivity contribution in [1.82, 2.24) is 24.6 Å². The number of ether oxygens (including phenoxy) is 2. The highest BCUT2D eigenvalue weighted by atomic mass is 16.7. The van der Waals surface area contributed by atoms with Gasteiger partial charge in [-0.25, -0.2) is 9.67 Å². The second-order valence-electron chi connectivity index (χ2n) is 7.09. The van der Waals surface area contributed by atoms with Gasteiger partial charge in [-0.3, -0.25) is 14.2 Å². The fraction of sp³-hybridized carbons (Fsp3) is 0.182. The molecule has 9 heteroatoms. The van der Waals surface area contributed by atoms with Crippen LogP contribution in [0.1, 0.15) is 15.9 Å². The molecule has 0 fully saturated rings. The summed E-state index contributed by atoms with van der Waals surface area (Å²) in [6.07, 6.45) is 3.05. The van der Waals surface area contributed by atoms with E-state index in [1.54, 1.807) is 27.4 Å². The minimum atomic E-state index is -0.229. The number of nitrogens with one attached hydrogen (secondary N) is 1. The van der Waals surface area contributed by atoms with Crippen molar-refractivity contribution in [3.05, 3.63) is 82.5 Å². The van der Waals surface area contributed by atoms with E-state index in [1.165, 1.54) is 12.5 Å². The van der Waals surface area contributed by atoms with Crippen molar-refractivity contribution in [2.45, 2.75) is 13.1 Å². The molecular formula is C22H19N5O4. The maximum atomic E-state index is 12.8. The summed E-state index contributed by atoms with van der Waals surface area (Å²) in [5.74, 6) is 0.957. The lowest BCUT2D eigenvalue weighted by atomic mass is 10.2. The Labute approximate surface area is 176 Å². The average molecular weight is 417 g/mol. The Morgan fingerprint density at radius 3 is 2.81 bits per heavy atom. The highest BCUT2D eigenvalue weighted by molar-refractivity contribution is 5.94. The molecule has 2 aromatic heterocycles. The van der Waals surface area contributed by atoms with Crippen LogP contribution in [0.5, 0.6) is 11.5 Å². The predicted molar refractivity (Wildman–Crippen MR) is 112 cm³/mol. The van der Waals surface area contributed by atoms with Crippen molar-refractivity contribution in [2.75, 3.05) is 13.3 Å². The Morgan fingerprint density at radius 1 is 1.10 bits per heavy atom. The summed E-state index contributed by atoms with van der Waals surface area (Å²) < 4.78 is 13.7. The first kappa shape index (κ1) is 18.9. The van der Waals surface area contributed by atoms with Crippen LogP contribution in [0, 0.1) is 0 Å². The van der Waals surface area contributed by atoms with E-state index in [4.69, 9.17) is 9.47 Å². The Hall–Kier alpha value is -4.14. The number of rotatable bonds is 6. The zero-order valence-corrected chi connectivity index (χ0v) is 16.5. The maximum Gasteiger partial charge on any atom is 0.264 e. The van der Waals surface area contributed by atoms with E-state index in [2.05, 4.69) is 15.4 Å². The van der Waals surface area contributed by atoms with Crippen LogP contribution in [0.2, 0.25) is 0 Å². The van der Waals surface area contributed by atoms with Crippen molar-refractivity contribution in [3.8, 4) is 11.5 Å². The first-order valence-corrected chi connectivity index (χ1v) is 9.82. The monoisotopic (exact) mass is 417 g/mol. The fourth-order valence-corrected chi connectivity index (χ4v) is 3.47. The Balaban J connectivity index is 1.26. The van der Waals surface area contributed by atoms with Gasteiger partial charge < -0.3 is 14.8 Å². The van der Waals surface area contributed by atoms with Crippen LogP contribution in [-0.2, 0) is 13.1 Å². The molecule has 0 saturated heterocycles. The van der Waals surface area contributed by atoms with Gasteiger partial charge >= 0.3 is 0 Å². The molecule has 0 aliphatic carbocycles. The van der Waals surface area contributed by atoms with Gasteiger partial charge in [0.15, 0.2) is 17.1 Å². The van der Waals surface area contributed by atoms with Crippen molar-refractivity contribution in [1.29, 1.82) is 0 Å². The molecule has 9 nitrogen and oxygen atoms in total. The lowest BCUT2D eigenvalue weighted by molar-refractivity contribution is 0.0951. The number of hydrogen-bond donors (Lipinski definition) is 1. The summed E-state index contributed by atoms with van der Waals surface area (Å²) in [4.78, 5) is 29.6. The van der Waals surface area contributed by atoms with Crippen LogP contribution in [0.25, 0.3) is 11.0 Å². The molecule has 0 unspecified atom stereocenters. The minimum absolute atomic E-state index is 0.149. The largest absolute Gasteiger partial charge is 0.454 e. The molecule has 31 heavy (non-hydrogen) atoms. The number of carbonyl (C=O) groups excluding carboxylic acids is 1. The van der Waals surface area contributed by atoms with Crippen LogP contribution in [0.4, 0.5) is 0 Å². The summed E-state index contributed by atoms with van der Waals surface area (Å²) in [5, 5.41) is 7.56. The van der Waals surface area contributed by atoms with E-state index in [1.807, 2.05) is 30.3 Å². The van der Waals surface area contributed by atoms with Crippen LogP contribution in [0.3, 0.4) is 0 Å². The Morgan fingerprint density at radius 2 is 1.94 bits per heavy atom. The molecule has 1 N–H and O–H groups in total. The Bertz CT molecular complexity index is 1310. The number of amides is 1. The number of aromatic nitrogens is 4. The molecule has 3 heterocycles. The molecule has 4 aromatic rings. The van der Waals surface area contributed by atoms with Gasteiger partial charge in [-0.1, -0.05) is 30.3 Å². The summed E-state index contributed by atoms with van der Waals surface area (Å²) in [7, 11) is 0. The van der Waals surface area contributed by atoms with Gasteiger partial charge in [0, 0.05) is 12.1 Å². The van der Waals surface area contributed by atoms with Gasteiger partial charge in [0.1, 0.15) is 11.7 Å². The van der Waals surface area contributed by atoms with Crippen LogP contribution in [-0.4, -0.2) is 38.6 Å². The van der Waals surface area contributed by atoms with Crippen LogP contribution in [0.15, 0.2) is 65.8 Å². The van der Waals surface area contributed by atoms with E-state index in [0.29, 0.717) is 47.7 Å². The summed E-state index contributed by atoms with van der Waals surface area (Å²) >= 11 is 0. The van der Waals surface area contributed by atoms with Gasteiger partial charge in [-0.15, -0.1) is 0 Å². The molecule has 0 atom stereocenters. The van der Waals surface area contributed by atoms with Gasteiger partial charge in [-0.2, -0.15) is 5.10 Å². The highest BCUT2D eigenvalue weighted by Crippen LogP contribution is 2.32. The van der Waals surface area contributed by atoms with Gasteiger partial charge in [-0.05, 0) is 23.8 Å². The van der Waals surface area contributed by atoms with Crippen molar-refractivity contribution >= 4 is 16.9 Å². The van der Waals surface area contributed by atoms with Crippen molar-refractivity contribution in [2.24, 2.45) is 0 Å². The molecule has 0 saturated carbocycles. The number of hydrogen-bond acceptors (Lipinski definition) is 6. The second kappa shape index (κ2) is 7.94. The van der Waals surface area contributed by atoms with E-state index in [-0.39, 0.29) is 18.3 Å². The van der Waals surface area contributed by atoms with Gasteiger partial charge in [0.25, 0.3) is 11.5 Å². The van der Waals surface area contributed by atoms with Gasteiger partial charge in [0.2, 0.25) is 6.79 Å². The summed E-state index contributed by atoms with van der Waals surface area (Å²) in [6.45, 7) is 1.32. The van der Waals surface area contributed by atoms with Gasteiger partial charge in [0.05, 0.1) is 19.3 Å². The van der Waals surface area contributed by atoms with E-state index in [9.17, 15) is 9.59 Å². The molecular weight excluding hydrogens is 398 g/mol. The average Bonchev–Trinajstić information content (AvgIpc) is 3.43. The third-order valence-electron chi connectivity index (χ3n) is 5.06. The molecule has 1 aliphatic heterocycles. The molecule has 5 rings (SSSR count). The van der Waals surface area contributed by atoms with Crippen LogP contribution >= 0.6 is 0 Å². The maximum absolute atomic E-state index is 12.8. The van der Waals surface area contributed by atoms with E-state index >= 15 is 0 Å². The topological polar surface area (TPSA) is 100 Å². The van der Waals surface area contributed by atoms with E-state index in [0.717, 1.165) is 5.56 Å². The van der Waals surface area contributed by atoms with Crippen LogP contribution < -0.4 is 20.3 Å². The summed E-state index contributed by atoms with van der Waals surface area (Å²) in [5.41, 5.74) is 1.84. The first-order chi connectivity index (χ1) is 15.2. The Kier molecular flexibility index (Phi) is 4.83. The quantitative estimate of drug-likeness (QED) is 0.514. The lowest BCUT2D eigenvalue weighted by Crippen LogP contribution is -2.27. The molecule has 1 amide bonds. The third kappa shape index (κ3) is 3.73. The predicted octanol–water partition coefficient (Wildman–Crippen LogP) is 1.80. The number of benzene rings is 2. The molecule has 0 spiro atoms. The molecule has 2 aromatic carbocycles. The second-order valence-corrected chi connectivity index (χ2v) is 7.09. The fourth-order valence-electron chi connectivity index (χ4n) is 3.47. The normalized spacial score (nSPS) is 12.3. The molecule has 0 radical (unpaired) electrons.